The second kappa shape index (κ2) is 9.24. The molecule has 0 saturated carbocycles. The second-order valence-corrected chi connectivity index (χ2v) is 9.87. The van der Waals surface area contributed by atoms with Crippen molar-refractivity contribution in [2.24, 2.45) is 5.92 Å². The number of rotatable bonds is 8. The van der Waals surface area contributed by atoms with Gasteiger partial charge in [0.1, 0.15) is 5.75 Å². The Morgan fingerprint density at radius 2 is 1.88 bits per heavy atom. The highest BCUT2D eigenvalue weighted by Gasteiger charge is 2.49. The standard InChI is InChI=1S/C25H38N6O/c1-5-17(12-13-27-4)25(2,3)31-18-10-11-19(31)16-30(15-18)22-14-21(28-29-24(22)26)20-8-6-7-9-23(20)32/h6-9,14,17-19,27,32H,5,10-13,15-16H2,1-4H3,(H2,26,29). The predicted molar refractivity (Wildman–Crippen MR) is 131 cm³/mol. The minimum absolute atomic E-state index is 0.159. The third-order valence-corrected chi connectivity index (χ3v) is 7.70. The maximum absolute atomic E-state index is 10.3. The van der Waals surface area contributed by atoms with E-state index in [2.05, 4.69) is 46.1 Å². The SMILES string of the molecule is CCC(CCNC)C(C)(C)N1C2CCC1CN(c1cc(-c3ccccc3O)nnc1N)C2. The van der Waals surface area contributed by atoms with Crippen molar-refractivity contribution in [1.82, 2.24) is 20.4 Å². The summed E-state index contributed by atoms with van der Waals surface area (Å²) in [5.74, 6) is 1.32. The molecule has 3 atom stereocenters. The summed E-state index contributed by atoms with van der Waals surface area (Å²) < 4.78 is 0. The van der Waals surface area contributed by atoms with E-state index in [0.29, 0.717) is 35.1 Å². The maximum atomic E-state index is 10.3. The number of para-hydroxylation sites is 1. The molecule has 1 aromatic heterocycles. The Hall–Kier alpha value is -2.38. The first-order chi connectivity index (χ1) is 15.4. The Morgan fingerprint density at radius 3 is 2.50 bits per heavy atom. The van der Waals surface area contributed by atoms with Crippen LogP contribution in [0.4, 0.5) is 11.5 Å². The summed E-state index contributed by atoms with van der Waals surface area (Å²) in [6, 6.07) is 10.2. The molecule has 4 rings (SSSR count). The highest BCUT2D eigenvalue weighted by atomic mass is 16.3. The number of hydrogen-bond donors (Lipinski definition) is 3. The van der Waals surface area contributed by atoms with Crippen LogP contribution in [-0.4, -0.2) is 64.5 Å². The fourth-order valence-corrected chi connectivity index (χ4v) is 6.09. The molecule has 2 aromatic rings. The normalized spacial score (nSPS) is 22.3. The fourth-order valence-electron chi connectivity index (χ4n) is 6.09. The molecule has 7 nitrogen and oxygen atoms in total. The summed E-state index contributed by atoms with van der Waals surface area (Å²) in [6.45, 7) is 10.2. The van der Waals surface area contributed by atoms with E-state index in [4.69, 9.17) is 5.73 Å². The summed E-state index contributed by atoms with van der Waals surface area (Å²) in [5.41, 5.74) is 8.71. The van der Waals surface area contributed by atoms with Gasteiger partial charge in [0, 0.05) is 36.3 Å². The van der Waals surface area contributed by atoms with Crippen LogP contribution in [0.2, 0.25) is 0 Å². The van der Waals surface area contributed by atoms with Crippen LogP contribution < -0.4 is 16.0 Å². The molecule has 1 aromatic carbocycles. The quantitative estimate of drug-likeness (QED) is 0.581. The molecular weight excluding hydrogens is 400 g/mol. The van der Waals surface area contributed by atoms with Crippen molar-refractivity contribution in [3.05, 3.63) is 30.3 Å². The largest absolute Gasteiger partial charge is 0.507 e. The summed E-state index contributed by atoms with van der Waals surface area (Å²) in [7, 11) is 2.04. The van der Waals surface area contributed by atoms with Crippen LogP contribution in [0.5, 0.6) is 5.75 Å². The predicted octanol–water partition coefficient (Wildman–Crippen LogP) is 3.50. The minimum atomic E-state index is 0.159. The number of phenols is 1. The number of aromatic hydroxyl groups is 1. The summed E-state index contributed by atoms with van der Waals surface area (Å²) in [6.07, 6.45) is 4.83. The number of nitrogen functional groups attached to an aromatic ring is 1. The van der Waals surface area contributed by atoms with E-state index in [0.717, 1.165) is 25.3 Å². The van der Waals surface area contributed by atoms with Crippen LogP contribution in [0.25, 0.3) is 11.3 Å². The lowest BCUT2D eigenvalue weighted by atomic mass is 9.80. The van der Waals surface area contributed by atoms with Crippen molar-refractivity contribution >= 4 is 11.5 Å². The average molecular weight is 439 g/mol. The molecule has 2 bridgehead atoms. The smallest absolute Gasteiger partial charge is 0.169 e. The van der Waals surface area contributed by atoms with Crippen LogP contribution >= 0.6 is 0 Å². The van der Waals surface area contributed by atoms with E-state index >= 15 is 0 Å². The lowest BCUT2D eigenvalue weighted by molar-refractivity contribution is 0.00396. The highest BCUT2D eigenvalue weighted by Crippen LogP contribution is 2.43. The molecule has 0 spiro atoms. The van der Waals surface area contributed by atoms with Crippen molar-refractivity contribution in [3.63, 3.8) is 0 Å². The number of nitrogens with one attached hydrogen (secondary N) is 1. The van der Waals surface area contributed by atoms with Gasteiger partial charge >= 0.3 is 0 Å². The lowest BCUT2D eigenvalue weighted by Crippen LogP contribution is -2.63. The summed E-state index contributed by atoms with van der Waals surface area (Å²) >= 11 is 0. The molecule has 174 valence electrons. The number of piperazine rings is 1. The van der Waals surface area contributed by atoms with Crippen molar-refractivity contribution < 1.29 is 5.11 Å². The Labute approximate surface area is 192 Å². The zero-order valence-electron chi connectivity index (χ0n) is 19.9. The molecule has 2 saturated heterocycles. The van der Waals surface area contributed by atoms with Crippen LogP contribution in [0.1, 0.15) is 46.5 Å². The first kappa shape index (κ1) is 22.8. The number of phenolic OH excluding ortho intramolecular Hbond substituents is 1. The van der Waals surface area contributed by atoms with Gasteiger partial charge in [-0.1, -0.05) is 25.5 Å². The maximum Gasteiger partial charge on any atom is 0.169 e. The fraction of sp³-hybridized carbons (Fsp3) is 0.600. The molecule has 3 heterocycles. The van der Waals surface area contributed by atoms with E-state index in [1.807, 2.05) is 31.3 Å². The van der Waals surface area contributed by atoms with Gasteiger partial charge in [0.25, 0.3) is 0 Å². The zero-order chi connectivity index (χ0) is 22.9. The number of hydrogen-bond acceptors (Lipinski definition) is 7. The highest BCUT2D eigenvalue weighted by molar-refractivity contribution is 5.74. The number of anilines is 2. The summed E-state index contributed by atoms with van der Waals surface area (Å²) in [4.78, 5) is 5.19. The van der Waals surface area contributed by atoms with Gasteiger partial charge in [-0.3, -0.25) is 4.90 Å². The zero-order valence-corrected chi connectivity index (χ0v) is 19.9. The van der Waals surface area contributed by atoms with E-state index in [1.54, 1.807) is 6.07 Å². The number of nitrogens with two attached hydrogens (primary N) is 1. The molecule has 0 radical (unpaired) electrons. The minimum Gasteiger partial charge on any atom is -0.507 e. The van der Waals surface area contributed by atoms with Crippen LogP contribution in [0.15, 0.2) is 30.3 Å². The van der Waals surface area contributed by atoms with Crippen molar-refractivity contribution in [1.29, 1.82) is 0 Å². The first-order valence-corrected chi connectivity index (χ1v) is 12.0. The van der Waals surface area contributed by atoms with Crippen molar-refractivity contribution in [2.75, 3.05) is 37.3 Å². The number of aromatic nitrogens is 2. The van der Waals surface area contributed by atoms with E-state index in [-0.39, 0.29) is 11.3 Å². The molecule has 2 aliphatic heterocycles. The second-order valence-electron chi connectivity index (χ2n) is 9.87. The molecule has 4 N–H and O–H groups in total. The third-order valence-electron chi connectivity index (χ3n) is 7.70. The molecule has 0 amide bonds. The number of fused-ring (bicyclic) bond motifs is 2. The lowest BCUT2D eigenvalue weighted by Gasteiger charge is -2.53. The Balaban J connectivity index is 1.57. The van der Waals surface area contributed by atoms with Gasteiger partial charge in [-0.25, -0.2) is 0 Å². The molecule has 3 unspecified atom stereocenters. The molecule has 7 heteroatoms. The first-order valence-electron chi connectivity index (χ1n) is 12.0. The van der Waals surface area contributed by atoms with Gasteiger partial charge < -0.3 is 21.1 Å². The molecule has 0 aliphatic carbocycles. The Kier molecular flexibility index (Phi) is 6.58. The van der Waals surface area contributed by atoms with Gasteiger partial charge in [0.2, 0.25) is 0 Å². The Morgan fingerprint density at radius 1 is 1.19 bits per heavy atom. The van der Waals surface area contributed by atoms with E-state index in [9.17, 15) is 5.11 Å². The van der Waals surface area contributed by atoms with E-state index < -0.39 is 0 Å². The topological polar surface area (TPSA) is 90.5 Å². The van der Waals surface area contributed by atoms with Crippen LogP contribution in [0.3, 0.4) is 0 Å². The molecular formula is C25H38N6O. The number of benzene rings is 1. The molecule has 2 aliphatic rings. The molecule has 2 fully saturated rings. The van der Waals surface area contributed by atoms with Gasteiger partial charge in [-0.2, -0.15) is 0 Å². The van der Waals surface area contributed by atoms with Crippen LogP contribution in [0, 0.1) is 5.92 Å². The van der Waals surface area contributed by atoms with Crippen LogP contribution in [-0.2, 0) is 0 Å². The average Bonchev–Trinajstić information content (AvgIpc) is 3.06. The summed E-state index contributed by atoms with van der Waals surface area (Å²) in [5, 5.41) is 22.1. The van der Waals surface area contributed by atoms with Gasteiger partial charge in [-0.15, -0.1) is 10.2 Å². The van der Waals surface area contributed by atoms with Gasteiger partial charge in [0.15, 0.2) is 5.82 Å². The van der Waals surface area contributed by atoms with Crippen molar-refractivity contribution in [2.45, 2.75) is 64.1 Å². The van der Waals surface area contributed by atoms with Gasteiger partial charge in [-0.05, 0) is 70.8 Å². The van der Waals surface area contributed by atoms with Crippen molar-refractivity contribution in [3.8, 4) is 17.0 Å². The molecule has 32 heavy (non-hydrogen) atoms. The monoisotopic (exact) mass is 438 g/mol. The van der Waals surface area contributed by atoms with Gasteiger partial charge in [0.05, 0.1) is 11.4 Å². The Bertz CT molecular complexity index is 918. The number of nitrogens with zero attached hydrogens (tertiary/aromatic N) is 4. The van der Waals surface area contributed by atoms with E-state index in [1.165, 1.54) is 25.7 Å². The third kappa shape index (κ3) is 4.16.